The minimum Gasteiger partial charge on any atom is -0.369 e. The van der Waals surface area contributed by atoms with Crippen molar-refractivity contribution >= 4 is 16.9 Å². The predicted molar refractivity (Wildman–Crippen MR) is 58.1 cm³/mol. The minimum atomic E-state index is 0.418. The number of fused-ring (bicyclic) bond motifs is 1. The van der Waals surface area contributed by atoms with E-state index in [1.165, 1.54) is 0 Å². The maximum absolute atomic E-state index is 5.54. The largest absolute Gasteiger partial charge is 0.369 e. The number of para-hydroxylation sites is 1. The van der Waals surface area contributed by atoms with Crippen molar-refractivity contribution in [2.75, 3.05) is 5.73 Å². The Morgan fingerprint density at radius 1 is 1.20 bits per heavy atom. The number of rotatable bonds is 1. The standard InChI is InChI=1S/C10H9N5/c11-10-12-5-8(14-10)7-3-1-2-6-4-13-15-9(6)7/h1-5H,(H,13,15)(H3,11,12,14). The van der Waals surface area contributed by atoms with E-state index in [1.54, 1.807) is 12.4 Å². The summed E-state index contributed by atoms with van der Waals surface area (Å²) in [7, 11) is 0. The molecule has 0 amide bonds. The molecule has 0 fully saturated rings. The summed E-state index contributed by atoms with van der Waals surface area (Å²) in [5.74, 6) is 0.418. The van der Waals surface area contributed by atoms with E-state index in [9.17, 15) is 0 Å². The highest BCUT2D eigenvalue weighted by atomic mass is 15.1. The monoisotopic (exact) mass is 199 g/mol. The lowest BCUT2D eigenvalue weighted by molar-refractivity contribution is 1.12. The quantitative estimate of drug-likeness (QED) is 0.555. The predicted octanol–water partition coefficient (Wildman–Crippen LogP) is 1.54. The van der Waals surface area contributed by atoms with Gasteiger partial charge in [-0.1, -0.05) is 18.2 Å². The number of aromatic nitrogens is 4. The first-order valence-electron chi connectivity index (χ1n) is 4.57. The van der Waals surface area contributed by atoms with Gasteiger partial charge in [-0.3, -0.25) is 5.10 Å². The molecule has 3 aromatic rings. The van der Waals surface area contributed by atoms with Crippen LogP contribution >= 0.6 is 0 Å². The number of benzene rings is 1. The van der Waals surface area contributed by atoms with E-state index >= 15 is 0 Å². The van der Waals surface area contributed by atoms with E-state index in [2.05, 4.69) is 20.2 Å². The third kappa shape index (κ3) is 1.17. The van der Waals surface area contributed by atoms with Crippen LogP contribution in [0.2, 0.25) is 0 Å². The fraction of sp³-hybridized carbons (Fsp3) is 0. The van der Waals surface area contributed by atoms with Crippen LogP contribution in [0.15, 0.2) is 30.6 Å². The van der Waals surface area contributed by atoms with Gasteiger partial charge in [0.1, 0.15) is 0 Å². The first kappa shape index (κ1) is 8.05. The second-order valence-electron chi connectivity index (χ2n) is 3.32. The molecule has 0 unspecified atom stereocenters. The lowest BCUT2D eigenvalue weighted by Gasteiger charge is -1.98. The zero-order chi connectivity index (χ0) is 10.3. The number of H-pyrrole nitrogens is 2. The van der Waals surface area contributed by atoms with Gasteiger partial charge in [-0.15, -0.1) is 0 Å². The average molecular weight is 199 g/mol. The van der Waals surface area contributed by atoms with Crippen molar-refractivity contribution in [3.63, 3.8) is 0 Å². The zero-order valence-electron chi connectivity index (χ0n) is 7.86. The maximum atomic E-state index is 5.54. The van der Waals surface area contributed by atoms with Gasteiger partial charge in [-0.25, -0.2) is 4.98 Å². The van der Waals surface area contributed by atoms with Crippen LogP contribution in [0, 0.1) is 0 Å². The summed E-state index contributed by atoms with van der Waals surface area (Å²) in [5.41, 5.74) is 8.44. The number of nitrogens with one attached hydrogen (secondary N) is 2. The molecule has 15 heavy (non-hydrogen) atoms. The fourth-order valence-corrected chi connectivity index (χ4v) is 1.67. The Morgan fingerprint density at radius 2 is 2.13 bits per heavy atom. The van der Waals surface area contributed by atoms with E-state index in [0.29, 0.717) is 5.95 Å². The van der Waals surface area contributed by atoms with Gasteiger partial charge in [0, 0.05) is 10.9 Å². The number of hydrogen-bond acceptors (Lipinski definition) is 3. The number of nitrogens with two attached hydrogens (primary N) is 1. The van der Waals surface area contributed by atoms with Gasteiger partial charge in [0.15, 0.2) is 5.95 Å². The van der Waals surface area contributed by atoms with Crippen molar-refractivity contribution in [1.82, 2.24) is 20.2 Å². The highest BCUT2D eigenvalue weighted by Crippen LogP contribution is 2.25. The van der Waals surface area contributed by atoms with Gasteiger partial charge in [0.2, 0.25) is 0 Å². The molecule has 5 heteroatoms. The minimum absolute atomic E-state index is 0.418. The number of anilines is 1. The van der Waals surface area contributed by atoms with Crippen LogP contribution in [-0.2, 0) is 0 Å². The van der Waals surface area contributed by atoms with E-state index in [4.69, 9.17) is 5.73 Å². The second kappa shape index (κ2) is 2.84. The van der Waals surface area contributed by atoms with Crippen LogP contribution in [0.4, 0.5) is 5.95 Å². The summed E-state index contributed by atoms with van der Waals surface area (Å²) in [6, 6.07) is 5.97. The molecule has 2 aromatic heterocycles. The van der Waals surface area contributed by atoms with Gasteiger partial charge < -0.3 is 10.7 Å². The first-order chi connectivity index (χ1) is 7.34. The van der Waals surface area contributed by atoms with Gasteiger partial charge in [0.25, 0.3) is 0 Å². The molecular formula is C10H9N5. The fourth-order valence-electron chi connectivity index (χ4n) is 1.67. The van der Waals surface area contributed by atoms with Crippen LogP contribution in [0.1, 0.15) is 0 Å². The molecule has 1 aromatic carbocycles. The smallest absolute Gasteiger partial charge is 0.197 e. The summed E-state index contributed by atoms with van der Waals surface area (Å²) < 4.78 is 0. The third-order valence-electron chi connectivity index (χ3n) is 2.36. The molecule has 0 atom stereocenters. The van der Waals surface area contributed by atoms with Crippen molar-refractivity contribution < 1.29 is 0 Å². The van der Waals surface area contributed by atoms with Gasteiger partial charge in [-0.2, -0.15) is 5.10 Å². The molecule has 0 spiro atoms. The van der Waals surface area contributed by atoms with Gasteiger partial charge in [0.05, 0.1) is 23.6 Å². The molecular weight excluding hydrogens is 190 g/mol. The molecule has 74 valence electrons. The number of nitrogens with zero attached hydrogens (tertiary/aromatic N) is 2. The van der Waals surface area contributed by atoms with Gasteiger partial charge in [-0.05, 0) is 0 Å². The Labute approximate surface area is 85.3 Å². The molecule has 0 aliphatic rings. The van der Waals surface area contributed by atoms with Crippen molar-refractivity contribution in [2.45, 2.75) is 0 Å². The molecule has 0 aliphatic carbocycles. The van der Waals surface area contributed by atoms with Gasteiger partial charge >= 0.3 is 0 Å². The highest BCUT2D eigenvalue weighted by Gasteiger charge is 2.06. The van der Waals surface area contributed by atoms with Crippen LogP contribution in [0.3, 0.4) is 0 Å². The lowest BCUT2D eigenvalue weighted by atomic mass is 10.1. The maximum Gasteiger partial charge on any atom is 0.197 e. The van der Waals surface area contributed by atoms with Crippen molar-refractivity contribution in [3.05, 3.63) is 30.6 Å². The first-order valence-corrected chi connectivity index (χ1v) is 4.57. The Hall–Kier alpha value is -2.30. The SMILES string of the molecule is Nc1ncc(-c2cccc3cn[nH]c23)[nH]1. The molecule has 0 radical (unpaired) electrons. The number of hydrogen-bond donors (Lipinski definition) is 3. The summed E-state index contributed by atoms with van der Waals surface area (Å²) in [6.07, 6.45) is 3.50. The van der Waals surface area contributed by atoms with E-state index < -0.39 is 0 Å². The summed E-state index contributed by atoms with van der Waals surface area (Å²) in [5, 5.41) is 8.03. The van der Waals surface area contributed by atoms with Crippen molar-refractivity contribution in [2.24, 2.45) is 0 Å². The third-order valence-corrected chi connectivity index (χ3v) is 2.36. The zero-order valence-corrected chi connectivity index (χ0v) is 7.86. The Morgan fingerprint density at radius 3 is 2.93 bits per heavy atom. The molecule has 0 saturated heterocycles. The Kier molecular flexibility index (Phi) is 1.53. The summed E-state index contributed by atoms with van der Waals surface area (Å²) in [6.45, 7) is 0. The topological polar surface area (TPSA) is 83.4 Å². The Balaban J connectivity index is 2.30. The number of aromatic amines is 2. The molecule has 4 N–H and O–H groups in total. The number of nitrogen functional groups attached to an aromatic ring is 1. The van der Waals surface area contributed by atoms with Crippen molar-refractivity contribution in [3.8, 4) is 11.3 Å². The van der Waals surface area contributed by atoms with E-state index in [1.807, 2.05) is 18.2 Å². The summed E-state index contributed by atoms with van der Waals surface area (Å²) >= 11 is 0. The second-order valence-corrected chi connectivity index (χ2v) is 3.32. The Bertz CT molecular complexity index is 607. The van der Waals surface area contributed by atoms with Crippen LogP contribution in [0.25, 0.3) is 22.2 Å². The molecule has 2 heterocycles. The molecule has 3 rings (SSSR count). The van der Waals surface area contributed by atoms with E-state index in [-0.39, 0.29) is 0 Å². The molecule has 0 saturated carbocycles. The molecule has 5 nitrogen and oxygen atoms in total. The molecule has 0 aliphatic heterocycles. The molecule has 0 bridgehead atoms. The lowest BCUT2D eigenvalue weighted by Crippen LogP contribution is -1.86. The average Bonchev–Trinajstić information content (AvgIpc) is 2.84. The highest BCUT2D eigenvalue weighted by molar-refractivity contribution is 5.92. The van der Waals surface area contributed by atoms with Crippen LogP contribution < -0.4 is 5.73 Å². The summed E-state index contributed by atoms with van der Waals surface area (Å²) in [4.78, 5) is 6.97. The van der Waals surface area contributed by atoms with Crippen molar-refractivity contribution in [1.29, 1.82) is 0 Å². The van der Waals surface area contributed by atoms with Crippen LogP contribution in [0.5, 0.6) is 0 Å². The normalized spacial score (nSPS) is 10.9. The van der Waals surface area contributed by atoms with Crippen LogP contribution in [-0.4, -0.2) is 20.2 Å². The van der Waals surface area contributed by atoms with E-state index in [0.717, 1.165) is 22.2 Å². The number of imidazole rings is 1.